The van der Waals surface area contributed by atoms with Crippen molar-refractivity contribution in [1.82, 2.24) is 0 Å². The van der Waals surface area contributed by atoms with Crippen LogP contribution in [-0.4, -0.2) is 5.94 Å². The molecule has 0 aromatic rings. The van der Waals surface area contributed by atoms with Gasteiger partial charge in [-0.3, -0.25) is 0 Å². The molecule has 172 valence electrons. The number of allylic oxidation sites excluding steroid dienone is 5. The summed E-state index contributed by atoms with van der Waals surface area (Å²) in [6.07, 6.45) is 30.8. The van der Waals surface area contributed by atoms with Crippen LogP contribution in [0.1, 0.15) is 116 Å². The monoisotopic (exact) mass is 422 g/mol. The van der Waals surface area contributed by atoms with Crippen LogP contribution in [0, 0.1) is 35.5 Å². The van der Waals surface area contributed by atoms with Gasteiger partial charge in [0, 0.05) is 11.5 Å². The van der Waals surface area contributed by atoms with Crippen LogP contribution in [0.25, 0.3) is 0 Å². The second-order valence-electron chi connectivity index (χ2n) is 11.4. The van der Waals surface area contributed by atoms with Crippen molar-refractivity contribution >= 4 is 5.94 Å². The molecule has 0 aromatic heterocycles. The molecule has 1 heteroatoms. The molecule has 0 amide bonds. The van der Waals surface area contributed by atoms with Crippen molar-refractivity contribution in [3.8, 4) is 0 Å². The van der Waals surface area contributed by atoms with Gasteiger partial charge in [-0.15, -0.1) is 0 Å². The summed E-state index contributed by atoms with van der Waals surface area (Å²) in [6.45, 7) is 2.32. The van der Waals surface area contributed by atoms with Crippen molar-refractivity contribution in [2.75, 3.05) is 0 Å². The average molecular weight is 423 g/mol. The number of hydrogen-bond acceptors (Lipinski definition) is 1. The molecule has 0 aliphatic heterocycles. The first-order valence-electron chi connectivity index (χ1n) is 13.9. The van der Waals surface area contributed by atoms with Crippen molar-refractivity contribution in [2.45, 2.75) is 116 Å². The fourth-order valence-electron chi connectivity index (χ4n) is 7.45. The van der Waals surface area contributed by atoms with Crippen LogP contribution in [0.5, 0.6) is 0 Å². The van der Waals surface area contributed by atoms with Gasteiger partial charge in [-0.2, -0.15) is 0 Å². The zero-order valence-corrected chi connectivity index (χ0v) is 20.1. The Bertz CT molecular complexity index is 657. The summed E-state index contributed by atoms with van der Waals surface area (Å²) in [4.78, 5) is 11.8. The van der Waals surface area contributed by atoms with E-state index in [-0.39, 0.29) is 0 Å². The molecule has 0 N–H and O–H groups in total. The van der Waals surface area contributed by atoms with Crippen LogP contribution in [0.4, 0.5) is 0 Å². The van der Waals surface area contributed by atoms with Crippen LogP contribution in [0.15, 0.2) is 29.4 Å². The van der Waals surface area contributed by atoms with Gasteiger partial charge >= 0.3 is 0 Å². The van der Waals surface area contributed by atoms with E-state index in [1.165, 1.54) is 115 Å². The van der Waals surface area contributed by atoms with Crippen LogP contribution in [0.2, 0.25) is 0 Å². The van der Waals surface area contributed by atoms with E-state index in [1.54, 1.807) is 0 Å². The maximum atomic E-state index is 11.8. The molecular formula is C30H46O. The first-order valence-corrected chi connectivity index (χ1v) is 13.9. The summed E-state index contributed by atoms with van der Waals surface area (Å²) >= 11 is 0. The van der Waals surface area contributed by atoms with E-state index in [4.69, 9.17) is 0 Å². The molecule has 3 fully saturated rings. The predicted molar refractivity (Wildman–Crippen MR) is 132 cm³/mol. The molecule has 1 atom stereocenters. The third-order valence-electron chi connectivity index (χ3n) is 9.47. The number of carbonyl (C=O) groups excluding carboxylic acids is 1. The molecule has 1 nitrogen and oxygen atoms in total. The van der Waals surface area contributed by atoms with E-state index in [0.29, 0.717) is 17.8 Å². The smallest absolute Gasteiger partial charge is 0.128 e. The first kappa shape index (κ1) is 23.1. The van der Waals surface area contributed by atoms with Crippen LogP contribution >= 0.6 is 0 Å². The predicted octanol–water partition coefficient (Wildman–Crippen LogP) is 8.63. The second-order valence-corrected chi connectivity index (χ2v) is 11.4. The highest BCUT2D eigenvalue weighted by molar-refractivity contribution is 5.62. The van der Waals surface area contributed by atoms with Gasteiger partial charge in [0.15, 0.2) is 0 Å². The largest absolute Gasteiger partial charge is 0.233 e. The number of unbranched alkanes of at least 4 members (excludes halogenated alkanes) is 2. The van der Waals surface area contributed by atoms with Gasteiger partial charge in [-0.05, 0) is 92.6 Å². The van der Waals surface area contributed by atoms with Crippen LogP contribution in [-0.2, 0) is 4.79 Å². The highest BCUT2D eigenvalue weighted by atomic mass is 16.1. The minimum atomic E-state index is 0.333. The Morgan fingerprint density at radius 3 is 2.10 bits per heavy atom. The van der Waals surface area contributed by atoms with Crippen LogP contribution < -0.4 is 0 Å². The summed E-state index contributed by atoms with van der Waals surface area (Å²) < 4.78 is 0. The van der Waals surface area contributed by atoms with Crippen molar-refractivity contribution < 1.29 is 4.79 Å². The number of hydrogen-bond donors (Lipinski definition) is 0. The topological polar surface area (TPSA) is 17.1 Å². The summed E-state index contributed by atoms with van der Waals surface area (Å²) in [5, 5.41) is 0. The highest BCUT2D eigenvalue weighted by Crippen LogP contribution is 2.46. The van der Waals surface area contributed by atoms with Crippen molar-refractivity contribution in [3.63, 3.8) is 0 Å². The molecule has 0 aromatic carbocycles. The van der Waals surface area contributed by atoms with Crippen molar-refractivity contribution in [2.24, 2.45) is 35.5 Å². The standard InChI is InChI=1S/C30H46O/c1-2-3-5-8-23-11-13-25(14-12-23)26-15-17-27(18-16-26)30-20-19-28(21-29(30)22-31)24-9-6-4-7-10-24/h19-21,23-27,30H,2-18H2,1H3/t23-,25-,26-,27-,30?. The lowest BCUT2D eigenvalue weighted by Crippen LogP contribution is -2.29. The zero-order chi connectivity index (χ0) is 21.5. The molecule has 0 saturated heterocycles. The van der Waals surface area contributed by atoms with E-state index in [1.807, 2.05) is 0 Å². The third-order valence-corrected chi connectivity index (χ3v) is 9.47. The first-order chi connectivity index (χ1) is 15.3. The van der Waals surface area contributed by atoms with E-state index in [9.17, 15) is 4.79 Å². The lowest BCUT2D eigenvalue weighted by Gasteiger charge is -2.40. The normalized spacial score (nSPS) is 34.9. The van der Waals surface area contributed by atoms with E-state index >= 15 is 0 Å². The molecule has 0 bridgehead atoms. The van der Waals surface area contributed by atoms with Gasteiger partial charge in [0.25, 0.3) is 0 Å². The Kier molecular flexibility index (Phi) is 8.71. The Balaban J connectivity index is 1.24. The van der Waals surface area contributed by atoms with Gasteiger partial charge < -0.3 is 0 Å². The molecule has 4 aliphatic rings. The Morgan fingerprint density at radius 1 is 0.806 bits per heavy atom. The molecule has 31 heavy (non-hydrogen) atoms. The Labute approximate surface area is 191 Å². The minimum absolute atomic E-state index is 0.333. The quantitative estimate of drug-likeness (QED) is 0.296. The van der Waals surface area contributed by atoms with E-state index in [0.717, 1.165) is 23.3 Å². The zero-order valence-electron chi connectivity index (χ0n) is 20.1. The molecule has 0 spiro atoms. The molecule has 4 rings (SSSR count). The van der Waals surface area contributed by atoms with E-state index in [2.05, 4.69) is 31.1 Å². The lowest BCUT2D eigenvalue weighted by molar-refractivity contribution is 0.135. The fourth-order valence-corrected chi connectivity index (χ4v) is 7.45. The summed E-state index contributed by atoms with van der Waals surface area (Å²) in [5.74, 6) is 7.01. The Morgan fingerprint density at radius 2 is 1.45 bits per heavy atom. The minimum Gasteiger partial charge on any atom is -0.233 e. The fraction of sp³-hybridized carbons (Fsp3) is 0.800. The molecule has 1 unspecified atom stereocenters. The summed E-state index contributed by atoms with van der Waals surface area (Å²) in [7, 11) is 0. The maximum Gasteiger partial charge on any atom is 0.128 e. The third kappa shape index (κ3) is 6.04. The number of rotatable bonds is 7. The van der Waals surface area contributed by atoms with Gasteiger partial charge in [0.1, 0.15) is 5.94 Å². The van der Waals surface area contributed by atoms with Gasteiger partial charge in [-0.25, -0.2) is 4.79 Å². The maximum absolute atomic E-state index is 11.8. The highest BCUT2D eigenvalue weighted by Gasteiger charge is 2.34. The molecule has 4 aliphatic carbocycles. The van der Waals surface area contributed by atoms with Gasteiger partial charge in [-0.1, -0.05) is 76.9 Å². The SMILES string of the molecule is CCCCC[C@H]1CC[C@H]([C@H]2CC[C@H](C3C=CC(C4CCCCC4)=CC3=C=O)CC2)CC1. The summed E-state index contributed by atoms with van der Waals surface area (Å²) in [5.41, 5.74) is 2.37. The summed E-state index contributed by atoms with van der Waals surface area (Å²) in [6, 6.07) is 0. The average Bonchev–Trinajstić information content (AvgIpc) is 2.85. The van der Waals surface area contributed by atoms with Crippen molar-refractivity contribution in [3.05, 3.63) is 29.4 Å². The molecule has 0 heterocycles. The second kappa shape index (κ2) is 11.7. The van der Waals surface area contributed by atoms with Crippen molar-refractivity contribution in [1.29, 1.82) is 0 Å². The van der Waals surface area contributed by atoms with Crippen LogP contribution in [0.3, 0.4) is 0 Å². The molecule has 3 saturated carbocycles. The molecular weight excluding hydrogens is 376 g/mol. The Hall–Kier alpha value is -1.07. The van der Waals surface area contributed by atoms with Gasteiger partial charge in [0.2, 0.25) is 0 Å². The molecule has 0 radical (unpaired) electrons. The van der Waals surface area contributed by atoms with Gasteiger partial charge in [0.05, 0.1) is 0 Å². The lowest BCUT2D eigenvalue weighted by atomic mass is 9.65. The van der Waals surface area contributed by atoms with E-state index < -0.39 is 0 Å².